The lowest BCUT2D eigenvalue weighted by Gasteiger charge is -2.47. The maximum atomic E-state index is 13.9. The van der Waals surface area contributed by atoms with Crippen molar-refractivity contribution in [2.75, 3.05) is 0 Å². The van der Waals surface area contributed by atoms with Crippen molar-refractivity contribution < 1.29 is 29.3 Å². The van der Waals surface area contributed by atoms with E-state index in [1.165, 1.54) is 6.92 Å². The van der Waals surface area contributed by atoms with Crippen LogP contribution in [0.4, 0.5) is 4.79 Å². The lowest BCUT2D eigenvalue weighted by molar-refractivity contribution is -0.118. The van der Waals surface area contributed by atoms with Crippen LogP contribution in [-0.4, -0.2) is 57.6 Å². The van der Waals surface area contributed by atoms with E-state index in [0.29, 0.717) is 29.5 Å². The van der Waals surface area contributed by atoms with Crippen LogP contribution in [0.3, 0.4) is 0 Å². The number of fused-ring (bicyclic) bond motifs is 1. The number of carbonyl (C=O) groups is 3. The predicted molar refractivity (Wildman–Crippen MR) is 147 cm³/mol. The third-order valence-corrected chi connectivity index (χ3v) is 7.12. The summed E-state index contributed by atoms with van der Waals surface area (Å²) in [5.74, 6) is -0.413. The number of rotatable bonds is 12. The fraction of sp³-hybridized carbons (Fsp3) is 0.300. The van der Waals surface area contributed by atoms with E-state index >= 15 is 0 Å². The molecule has 0 radical (unpaired) electrons. The normalized spacial score (nSPS) is 17.9. The molecule has 1 aliphatic rings. The van der Waals surface area contributed by atoms with Crippen LogP contribution in [0.5, 0.6) is 0 Å². The summed E-state index contributed by atoms with van der Waals surface area (Å²) in [6.07, 6.45) is -5.24. The molecule has 0 fully saturated rings. The number of hydrogen-bond donors (Lipinski definition) is 5. The van der Waals surface area contributed by atoms with Crippen LogP contribution < -0.4 is 16.4 Å². The zero-order chi connectivity index (χ0) is 28.7. The van der Waals surface area contributed by atoms with Gasteiger partial charge in [0.2, 0.25) is 12.6 Å². The number of amides is 3. The van der Waals surface area contributed by atoms with Crippen molar-refractivity contribution in [2.24, 2.45) is 5.73 Å². The van der Waals surface area contributed by atoms with Crippen LogP contribution in [0, 0.1) is 0 Å². The predicted octanol–water partition coefficient (Wildman–Crippen LogP) is 2.21. The van der Waals surface area contributed by atoms with Gasteiger partial charge in [0.1, 0.15) is 11.8 Å². The second-order valence-electron chi connectivity index (χ2n) is 9.85. The Hall–Kier alpha value is -4.25. The van der Waals surface area contributed by atoms with E-state index in [-0.39, 0.29) is 12.8 Å². The number of carbonyl (C=O) groups excluding carboxylic acids is 3. The molecule has 5 unspecified atom stereocenters. The number of nitrogens with one attached hydrogen (secondary N) is 2. The lowest BCUT2D eigenvalue weighted by atomic mass is 9.92. The summed E-state index contributed by atoms with van der Waals surface area (Å²) < 4.78 is 5.74. The number of nitrogens with zero attached hydrogens (tertiary/aromatic N) is 1. The Morgan fingerprint density at radius 2 is 1.65 bits per heavy atom. The quantitative estimate of drug-likeness (QED) is 0.172. The Morgan fingerprint density at radius 1 is 1.05 bits per heavy atom. The first-order chi connectivity index (χ1) is 19.2. The average Bonchev–Trinajstić information content (AvgIpc) is 3.27. The zero-order valence-electron chi connectivity index (χ0n) is 22.1. The van der Waals surface area contributed by atoms with E-state index in [1.54, 1.807) is 48.5 Å². The van der Waals surface area contributed by atoms with E-state index in [4.69, 9.17) is 10.5 Å². The van der Waals surface area contributed by atoms with Crippen molar-refractivity contribution in [3.63, 3.8) is 0 Å². The molecule has 0 aliphatic carbocycles. The zero-order valence-corrected chi connectivity index (χ0v) is 22.1. The van der Waals surface area contributed by atoms with E-state index in [2.05, 4.69) is 10.6 Å². The van der Waals surface area contributed by atoms with Crippen molar-refractivity contribution in [1.82, 2.24) is 15.5 Å². The summed E-state index contributed by atoms with van der Waals surface area (Å²) in [6, 6.07) is 25.1. The lowest BCUT2D eigenvalue weighted by Crippen LogP contribution is -2.72. The topological polar surface area (TPSA) is 154 Å². The second-order valence-corrected chi connectivity index (χ2v) is 9.85. The second kappa shape index (κ2) is 12.7. The Kier molecular flexibility index (Phi) is 9.15. The molecular formula is C30H34N4O6. The molecule has 0 bridgehead atoms. The summed E-state index contributed by atoms with van der Waals surface area (Å²) >= 11 is 0. The van der Waals surface area contributed by atoms with Crippen LogP contribution >= 0.6 is 0 Å². The Labute approximate surface area is 232 Å². The maximum absolute atomic E-state index is 13.9. The van der Waals surface area contributed by atoms with Crippen molar-refractivity contribution in [2.45, 2.75) is 56.5 Å². The minimum absolute atomic E-state index is 0.0311. The van der Waals surface area contributed by atoms with Crippen molar-refractivity contribution in [1.29, 1.82) is 0 Å². The van der Waals surface area contributed by atoms with Gasteiger partial charge < -0.3 is 31.3 Å². The highest BCUT2D eigenvalue weighted by molar-refractivity contribution is 5.99. The summed E-state index contributed by atoms with van der Waals surface area (Å²) in [4.78, 5) is 39.1. The summed E-state index contributed by atoms with van der Waals surface area (Å²) in [6.45, 7) is 1.42. The number of aryl methyl sites for hydroxylation is 1. The minimum atomic E-state index is -1.84. The monoisotopic (exact) mass is 546 g/mol. The smallest absolute Gasteiger partial charge is 0.415 e. The number of hydrogen-bond acceptors (Lipinski definition) is 7. The SMILES string of the molecule is CC(O)C(N)(Cc1ccccc1)N(C(=O)OC1NC(=O)c2ccccc21)C(NC=O)C(O)CCc1ccccc1. The molecule has 5 atom stereocenters. The third-order valence-electron chi connectivity index (χ3n) is 7.12. The molecule has 1 aliphatic heterocycles. The third kappa shape index (κ3) is 6.31. The molecule has 3 aromatic rings. The van der Waals surface area contributed by atoms with Gasteiger partial charge in [-0.15, -0.1) is 0 Å². The highest BCUT2D eigenvalue weighted by Crippen LogP contribution is 2.30. The molecule has 210 valence electrons. The number of aliphatic hydroxyl groups is 2. The molecule has 10 nitrogen and oxygen atoms in total. The Balaban J connectivity index is 1.70. The van der Waals surface area contributed by atoms with Crippen LogP contribution in [0.2, 0.25) is 0 Å². The van der Waals surface area contributed by atoms with Crippen LogP contribution in [0.25, 0.3) is 0 Å². The summed E-state index contributed by atoms with van der Waals surface area (Å²) in [7, 11) is 0. The van der Waals surface area contributed by atoms with Gasteiger partial charge >= 0.3 is 6.09 Å². The van der Waals surface area contributed by atoms with Gasteiger partial charge in [-0.1, -0.05) is 78.9 Å². The Morgan fingerprint density at radius 3 is 2.27 bits per heavy atom. The molecule has 6 N–H and O–H groups in total. The van der Waals surface area contributed by atoms with Crippen LogP contribution in [0.1, 0.15) is 46.6 Å². The summed E-state index contributed by atoms with van der Waals surface area (Å²) in [5.41, 5.74) is 7.43. The molecule has 4 rings (SSSR count). The van der Waals surface area contributed by atoms with Gasteiger partial charge in [0.25, 0.3) is 5.91 Å². The fourth-order valence-corrected chi connectivity index (χ4v) is 4.90. The van der Waals surface area contributed by atoms with Crippen molar-refractivity contribution in [3.8, 4) is 0 Å². The minimum Gasteiger partial charge on any atom is -0.421 e. The number of benzene rings is 3. The largest absolute Gasteiger partial charge is 0.421 e. The van der Waals surface area contributed by atoms with Gasteiger partial charge in [-0.25, -0.2) is 4.79 Å². The first kappa shape index (κ1) is 28.8. The molecular weight excluding hydrogens is 512 g/mol. The molecule has 0 saturated heterocycles. The van der Waals surface area contributed by atoms with E-state index in [9.17, 15) is 24.6 Å². The molecule has 0 spiro atoms. The van der Waals surface area contributed by atoms with Crippen LogP contribution in [0.15, 0.2) is 84.9 Å². The standard InChI is InChI=1S/C30H34N4O6/c1-20(36)30(31,18-22-12-6-3-7-13-22)34(26(32-19-35)25(37)17-16-21-10-4-2-5-11-21)29(39)40-28-24-15-9-8-14-23(24)27(38)33-28/h2-15,19-20,25-26,28,36-37H,16-18,31H2,1H3,(H,32,35)(H,33,38). The van der Waals surface area contributed by atoms with Gasteiger partial charge in [-0.2, -0.15) is 0 Å². The van der Waals surface area contributed by atoms with Gasteiger partial charge in [-0.3, -0.25) is 14.5 Å². The molecule has 3 amide bonds. The highest BCUT2D eigenvalue weighted by atomic mass is 16.6. The summed E-state index contributed by atoms with van der Waals surface area (Å²) in [5, 5.41) is 27.4. The molecule has 0 saturated carbocycles. The first-order valence-electron chi connectivity index (χ1n) is 13.1. The molecule has 1 heterocycles. The van der Waals surface area contributed by atoms with Gasteiger partial charge in [-0.05, 0) is 37.0 Å². The van der Waals surface area contributed by atoms with E-state index in [0.717, 1.165) is 10.5 Å². The molecule has 3 aromatic carbocycles. The average molecular weight is 547 g/mol. The Bertz CT molecular complexity index is 1310. The van der Waals surface area contributed by atoms with Gasteiger partial charge in [0.15, 0.2) is 0 Å². The van der Waals surface area contributed by atoms with Crippen molar-refractivity contribution >= 4 is 18.4 Å². The number of nitrogens with two attached hydrogens (primary N) is 1. The molecule has 0 aromatic heterocycles. The fourth-order valence-electron chi connectivity index (χ4n) is 4.90. The number of aliphatic hydroxyl groups excluding tert-OH is 2. The number of ether oxygens (including phenoxy) is 1. The van der Waals surface area contributed by atoms with Crippen molar-refractivity contribution in [3.05, 3.63) is 107 Å². The maximum Gasteiger partial charge on any atom is 0.415 e. The van der Waals surface area contributed by atoms with Gasteiger partial charge in [0.05, 0.1) is 12.2 Å². The molecule has 40 heavy (non-hydrogen) atoms. The van der Waals surface area contributed by atoms with Gasteiger partial charge in [0, 0.05) is 17.5 Å². The van der Waals surface area contributed by atoms with Crippen LogP contribution in [-0.2, 0) is 22.4 Å². The molecule has 10 heteroatoms. The first-order valence-corrected chi connectivity index (χ1v) is 13.1. The van der Waals surface area contributed by atoms with E-state index in [1.807, 2.05) is 36.4 Å². The van der Waals surface area contributed by atoms with E-state index < -0.39 is 42.3 Å². The highest BCUT2D eigenvalue weighted by Gasteiger charge is 2.48.